The number of carbonyl (C=O) groups is 2. The van der Waals surface area contributed by atoms with E-state index in [2.05, 4.69) is 21.9 Å². The van der Waals surface area contributed by atoms with E-state index in [1.165, 1.54) is 0 Å². The number of esters is 2. The quantitative estimate of drug-likeness (QED) is 0.168. The molecule has 230 valence electrons. The molecule has 2 saturated heterocycles. The minimum absolute atomic E-state index is 0.222. The number of nitriles is 4. The molecule has 0 spiro atoms. The molecule has 4 aliphatic rings. The number of allylic oxidation sites excluding steroid dienone is 6. The summed E-state index contributed by atoms with van der Waals surface area (Å²) < 4.78 is 10.7. The van der Waals surface area contributed by atoms with Gasteiger partial charge in [-0.3, -0.25) is 0 Å². The fourth-order valence-electron chi connectivity index (χ4n) is 6.78. The normalized spacial score (nSPS) is 23.3. The second kappa shape index (κ2) is 13.4. The summed E-state index contributed by atoms with van der Waals surface area (Å²) in [7, 11) is 0. The van der Waals surface area contributed by atoms with Gasteiger partial charge in [-0.2, -0.15) is 21.0 Å². The number of hydrogen-bond acceptors (Lipinski definition) is 10. The van der Waals surface area contributed by atoms with E-state index in [1.807, 2.05) is 39.8 Å². The smallest absolute Gasteiger partial charge is 0.349 e. The van der Waals surface area contributed by atoms with Crippen LogP contribution < -0.4 is 0 Å². The maximum absolute atomic E-state index is 13.1. The third kappa shape index (κ3) is 6.98. The predicted molar refractivity (Wildman–Crippen MR) is 160 cm³/mol. The van der Waals surface area contributed by atoms with Crippen molar-refractivity contribution in [3.8, 4) is 24.3 Å². The van der Waals surface area contributed by atoms with E-state index in [1.54, 1.807) is 0 Å². The summed E-state index contributed by atoms with van der Waals surface area (Å²) >= 11 is 0. The van der Waals surface area contributed by atoms with Gasteiger partial charge in [0.2, 0.25) is 0 Å². The molecule has 2 aliphatic heterocycles. The van der Waals surface area contributed by atoms with E-state index in [4.69, 9.17) is 9.47 Å². The van der Waals surface area contributed by atoms with E-state index in [-0.39, 0.29) is 35.2 Å². The van der Waals surface area contributed by atoms with Gasteiger partial charge in [0.15, 0.2) is 0 Å². The molecule has 44 heavy (non-hydrogen) atoms. The lowest BCUT2D eigenvalue weighted by atomic mass is 9.72. The van der Waals surface area contributed by atoms with Crippen molar-refractivity contribution >= 4 is 11.9 Å². The number of ether oxygens (including phenoxy) is 2. The molecule has 0 atom stereocenters. The highest BCUT2D eigenvalue weighted by Gasteiger charge is 2.38. The van der Waals surface area contributed by atoms with Gasteiger partial charge in [0, 0.05) is 37.6 Å². The number of nitrogens with zero attached hydrogens (tertiary/aromatic N) is 6. The molecule has 4 rings (SSSR count). The molecule has 10 nitrogen and oxygen atoms in total. The van der Waals surface area contributed by atoms with E-state index < -0.39 is 11.9 Å². The van der Waals surface area contributed by atoms with Gasteiger partial charge in [0.05, 0.1) is 11.1 Å². The van der Waals surface area contributed by atoms with Crippen LogP contribution in [0.4, 0.5) is 0 Å². The zero-order valence-corrected chi connectivity index (χ0v) is 26.2. The fourth-order valence-corrected chi connectivity index (χ4v) is 6.78. The highest BCUT2D eigenvalue weighted by atomic mass is 16.6. The monoisotopic (exact) mass is 596 g/mol. The predicted octanol–water partition coefficient (Wildman–Crippen LogP) is 5.10. The van der Waals surface area contributed by atoms with Crippen molar-refractivity contribution in [2.45, 2.75) is 79.1 Å². The Morgan fingerprint density at radius 1 is 0.636 bits per heavy atom. The van der Waals surface area contributed by atoms with Crippen molar-refractivity contribution < 1.29 is 19.1 Å². The molecule has 10 heteroatoms. The first-order valence-corrected chi connectivity index (χ1v) is 15.3. The van der Waals surface area contributed by atoms with E-state index in [0.717, 1.165) is 63.3 Å². The molecule has 0 N–H and O–H groups in total. The number of rotatable bonds is 7. The topological polar surface area (TPSA) is 154 Å². The van der Waals surface area contributed by atoms with Crippen LogP contribution in [0, 0.1) is 56.2 Å². The van der Waals surface area contributed by atoms with Crippen molar-refractivity contribution in [2.24, 2.45) is 10.8 Å². The van der Waals surface area contributed by atoms with Crippen molar-refractivity contribution in [3.63, 3.8) is 0 Å². The first kappa shape index (κ1) is 32.4. The Balaban J connectivity index is 1.50. The van der Waals surface area contributed by atoms with Crippen molar-refractivity contribution in [3.05, 3.63) is 44.8 Å². The minimum Gasteiger partial charge on any atom is -0.458 e. The largest absolute Gasteiger partial charge is 0.458 e. The summed E-state index contributed by atoms with van der Waals surface area (Å²) in [5.41, 5.74) is 2.27. The Morgan fingerprint density at radius 2 is 0.977 bits per heavy atom. The van der Waals surface area contributed by atoms with Gasteiger partial charge in [-0.1, -0.05) is 27.7 Å². The Bertz CT molecular complexity index is 1390. The fraction of sp³-hybridized carbons (Fsp3) is 0.588. The third-order valence-corrected chi connectivity index (χ3v) is 8.77. The average Bonchev–Trinajstić information content (AvgIpc) is 3.70. The Morgan fingerprint density at radius 3 is 1.27 bits per heavy atom. The average molecular weight is 597 g/mol. The third-order valence-electron chi connectivity index (χ3n) is 8.77. The van der Waals surface area contributed by atoms with Crippen LogP contribution in [0.5, 0.6) is 0 Å². The second-order valence-corrected chi connectivity index (χ2v) is 13.5. The Kier molecular flexibility index (Phi) is 9.86. The molecule has 2 aliphatic carbocycles. The molecule has 2 fully saturated rings. The van der Waals surface area contributed by atoms with Gasteiger partial charge < -0.3 is 19.3 Å². The lowest BCUT2D eigenvalue weighted by Gasteiger charge is -2.37. The summed E-state index contributed by atoms with van der Waals surface area (Å²) in [6, 6.07) is 8.39. The SMILES string of the molecule is CC1(C)CC(N2CCCC2)=C(C#N)/C(=C(\C#N)C(=O)OCCOC(=O)/C(C#N)=C2\CC(C)(C)CC(N3CCCC3)=C2C#N)C1. The molecule has 0 radical (unpaired) electrons. The van der Waals surface area contributed by atoms with Gasteiger partial charge in [0.1, 0.15) is 48.6 Å². The summed E-state index contributed by atoms with van der Waals surface area (Å²) in [5.74, 6) is -1.77. The Hall–Kier alpha value is -4.54. The molecule has 2 heterocycles. The zero-order chi connectivity index (χ0) is 32.1. The molecule has 0 aromatic heterocycles. The molecule has 0 saturated carbocycles. The minimum atomic E-state index is -0.886. The zero-order valence-electron chi connectivity index (χ0n) is 26.2. The van der Waals surface area contributed by atoms with Crippen LogP contribution in [0.3, 0.4) is 0 Å². The van der Waals surface area contributed by atoms with E-state index in [9.17, 15) is 30.6 Å². The molecule has 0 amide bonds. The maximum atomic E-state index is 13.1. The number of carbonyl (C=O) groups excluding carboxylic acids is 2. The van der Waals surface area contributed by atoms with Crippen molar-refractivity contribution in [2.75, 3.05) is 39.4 Å². The van der Waals surface area contributed by atoms with Crippen molar-refractivity contribution in [1.82, 2.24) is 9.80 Å². The standard InChI is InChI=1S/C34H40N6O4/c1-33(2)15-23(25(19-35)29(17-33)39-9-5-6-10-39)27(21-37)31(41)43-13-14-44-32(42)28(22-38)24-16-34(3,4)18-30(26(24)20-36)40-11-7-8-12-40/h5-18H2,1-4H3/b27-23+,28-24+. The van der Waals surface area contributed by atoms with Crippen LogP contribution >= 0.6 is 0 Å². The van der Waals surface area contributed by atoms with Crippen LogP contribution in [0.25, 0.3) is 0 Å². The number of hydrogen-bond donors (Lipinski definition) is 0. The number of likely N-dealkylation sites (tertiary alicyclic amines) is 2. The lowest BCUT2D eigenvalue weighted by Crippen LogP contribution is -2.31. The van der Waals surface area contributed by atoms with Crippen molar-refractivity contribution in [1.29, 1.82) is 21.0 Å². The van der Waals surface area contributed by atoms with Crippen LogP contribution in [0.15, 0.2) is 44.8 Å². The first-order valence-electron chi connectivity index (χ1n) is 15.3. The maximum Gasteiger partial charge on any atom is 0.349 e. The Labute approximate surface area is 260 Å². The highest BCUT2D eigenvalue weighted by Crippen LogP contribution is 2.46. The van der Waals surface area contributed by atoms with Gasteiger partial charge >= 0.3 is 11.9 Å². The van der Waals surface area contributed by atoms with Crippen LogP contribution in [-0.2, 0) is 19.1 Å². The summed E-state index contributed by atoms with van der Waals surface area (Å²) in [6.45, 7) is 10.9. The lowest BCUT2D eigenvalue weighted by molar-refractivity contribution is -0.146. The van der Waals surface area contributed by atoms with E-state index in [0.29, 0.717) is 48.0 Å². The molecular weight excluding hydrogens is 556 g/mol. The summed E-state index contributed by atoms with van der Waals surface area (Å²) in [5, 5.41) is 40.0. The van der Waals surface area contributed by atoms with Crippen LogP contribution in [-0.4, -0.2) is 61.1 Å². The van der Waals surface area contributed by atoms with Gasteiger partial charge in [-0.15, -0.1) is 0 Å². The molecule has 0 aromatic rings. The van der Waals surface area contributed by atoms with Crippen LogP contribution in [0.2, 0.25) is 0 Å². The van der Waals surface area contributed by atoms with Gasteiger partial charge in [0.25, 0.3) is 0 Å². The molecule has 0 aromatic carbocycles. The first-order chi connectivity index (χ1) is 20.9. The summed E-state index contributed by atoms with van der Waals surface area (Å²) in [4.78, 5) is 30.5. The second-order valence-electron chi connectivity index (χ2n) is 13.5. The highest BCUT2D eigenvalue weighted by molar-refractivity contribution is 5.96. The summed E-state index contributed by atoms with van der Waals surface area (Å²) in [6.07, 6.45) is 6.24. The van der Waals surface area contributed by atoms with Gasteiger partial charge in [-0.25, -0.2) is 9.59 Å². The van der Waals surface area contributed by atoms with Crippen LogP contribution in [0.1, 0.15) is 79.1 Å². The molecule has 0 bridgehead atoms. The van der Waals surface area contributed by atoms with Gasteiger partial charge in [-0.05, 0) is 73.3 Å². The van der Waals surface area contributed by atoms with E-state index >= 15 is 0 Å². The molecular formula is C34H40N6O4. The molecule has 0 unspecified atom stereocenters.